The highest BCUT2D eigenvalue weighted by atomic mass is 19.1. The van der Waals surface area contributed by atoms with Crippen LogP contribution in [0.5, 0.6) is 5.75 Å². The number of alkyl halides is 1. The van der Waals surface area contributed by atoms with E-state index in [0.29, 0.717) is 12.5 Å². The molecule has 2 aliphatic heterocycles. The molecule has 1 saturated heterocycles. The summed E-state index contributed by atoms with van der Waals surface area (Å²) >= 11 is 0. The predicted molar refractivity (Wildman–Crippen MR) is 127 cm³/mol. The third kappa shape index (κ3) is 3.64. The van der Waals surface area contributed by atoms with Crippen molar-refractivity contribution in [3.63, 3.8) is 0 Å². The molecule has 1 aromatic carbocycles. The average Bonchev–Trinajstić information content (AvgIpc) is 3.13. The zero-order valence-electron chi connectivity index (χ0n) is 18.9. The minimum atomic E-state index is -0.255. The summed E-state index contributed by atoms with van der Waals surface area (Å²) in [6.07, 6.45) is 6.67. The van der Waals surface area contributed by atoms with Crippen LogP contribution in [-0.4, -0.2) is 58.2 Å². The molecule has 3 aromatic rings. The number of aromatic nitrogens is 2. The van der Waals surface area contributed by atoms with Gasteiger partial charge in [0.05, 0.1) is 24.3 Å². The highest BCUT2D eigenvalue weighted by Gasteiger charge is 2.38. The monoisotopic (exact) mass is 444 g/mol. The second kappa shape index (κ2) is 8.36. The van der Waals surface area contributed by atoms with Gasteiger partial charge in [-0.15, -0.1) is 5.73 Å². The van der Waals surface area contributed by atoms with Crippen LogP contribution in [0.15, 0.2) is 60.1 Å². The fourth-order valence-electron chi connectivity index (χ4n) is 5.43. The minimum Gasteiger partial charge on any atom is -0.486 e. The summed E-state index contributed by atoms with van der Waals surface area (Å²) in [4.78, 5) is 13.3. The SMILES string of the molecule is C[C@@H]1Cc2c([nH]c3ccccc23)[C@@H](c2ccc(OC3CN(CCCF)C3)cn2)N1C1=C=CC1. The summed E-state index contributed by atoms with van der Waals surface area (Å²) in [6.45, 7) is 4.56. The molecule has 0 spiro atoms. The largest absolute Gasteiger partial charge is 0.486 e. The Kier molecular flexibility index (Phi) is 5.20. The number of benzene rings is 1. The van der Waals surface area contributed by atoms with Crippen LogP contribution in [0.4, 0.5) is 4.39 Å². The third-order valence-electron chi connectivity index (χ3n) is 7.12. The van der Waals surface area contributed by atoms with E-state index in [2.05, 4.69) is 63.8 Å². The molecule has 5 nitrogen and oxygen atoms in total. The van der Waals surface area contributed by atoms with E-state index in [1.807, 2.05) is 12.3 Å². The van der Waals surface area contributed by atoms with E-state index in [1.165, 1.54) is 27.9 Å². The van der Waals surface area contributed by atoms with Gasteiger partial charge in [0.25, 0.3) is 0 Å². The highest BCUT2D eigenvalue weighted by Crippen LogP contribution is 2.43. The number of aromatic amines is 1. The Labute approximate surface area is 193 Å². The molecule has 1 aliphatic carbocycles. The third-order valence-corrected chi connectivity index (χ3v) is 7.12. The van der Waals surface area contributed by atoms with E-state index < -0.39 is 0 Å². The van der Waals surface area contributed by atoms with Crippen molar-refractivity contribution in [2.24, 2.45) is 0 Å². The number of rotatable bonds is 7. The molecule has 6 rings (SSSR count). The van der Waals surface area contributed by atoms with Crippen molar-refractivity contribution in [1.29, 1.82) is 0 Å². The van der Waals surface area contributed by atoms with Gasteiger partial charge < -0.3 is 14.6 Å². The van der Waals surface area contributed by atoms with Crippen LogP contribution in [0, 0.1) is 0 Å². The smallest absolute Gasteiger partial charge is 0.138 e. The Balaban J connectivity index is 1.28. The lowest BCUT2D eigenvalue weighted by molar-refractivity contribution is 0.0182. The molecule has 4 heterocycles. The highest BCUT2D eigenvalue weighted by molar-refractivity contribution is 5.85. The van der Waals surface area contributed by atoms with Crippen molar-refractivity contribution in [3.8, 4) is 5.75 Å². The number of para-hydroxylation sites is 1. The first-order valence-electron chi connectivity index (χ1n) is 11.9. The van der Waals surface area contributed by atoms with Gasteiger partial charge in [0.15, 0.2) is 0 Å². The van der Waals surface area contributed by atoms with Crippen LogP contribution in [0.1, 0.15) is 42.8 Å². The number of nitrogens with zero attached hydrogens (tertiary/aromatic N) is 3. The van der Waals surface area contributed by atoms with Crippen LogP contribution in [-0.2, 0) is 6.42 Å². The van der Waals surface area contributed by atoms with E-state index in [9.17, 15) is 4.39 Å². The molecule has 1 fully saturated rings. The van der Waals surface area contributed by atoms with Crippen LogP contribution in [0.25, 0.3) is 10.9 Å². The van der Waals surface area contributed by atoms with Gasteiger partial charge >= 0.3 is 0 Å². The molecular formula is C27H29FN4O. The molecular weight excluding hydrogens is 415 g/mol. The predicted octanol–water partition coefficient (Wildman–Crippen LogP) is 4.76. The molecule has 1 N–H and O–H groups in total. The first-order chi connectivity index (χ1) is 16.2. The number of ether oxygens (including phenoxy) is 1. The number of fused-ring (bicyclic) bond motifs is 3. The van der Waals surface area contributed by atoms with Crippen LogP contribution >= 0.6 is 0 Å². The summed E-state index contributed by atoms with van der Waals surface area (Å²) in [5.74, 6) is 0.795. The average molecular weight is 445 g/mol. The Bertz CT molecular complexity index is 1220. The van der Waals surface area contributed by atoms with Gasteiger partial charge in [0.1, 0.15) is 17.9 Å². The Morgan fingerprint density at radius 1 is 1.21 bits per heavy atom. The lowest BCUT2D eigenvalue weighted by Crippen LogP contribution is -2.53. The first-order valence-corrected chi connectivity index (χ1v) is 11.9. The maximum Gasteiger partial charge on any atom is 0.138 e. The van der Waals surface area contributed by atoms with E-state index in [1.54, 1.807) is 0 Å². The van der Waals surface area contributed by atoms with Crippen LogP contribution in [0.2, 0.25) is 0 Å². The molecule has 2 aromatic heterocycles. The molecule has 6 heteroatoms. The Morgan fingerprint density at radius 2 is 2.06 bits per heavy atom. The topological polar surface area (TPSA) is 44.4 Å². The van der Waals surface area contributed by atoms with E-state index in [4.69, 9.17) is 9.72 Å². The van der Waals surface area contributed by atoms with Gasteiger partial charge in [-0.25, -0.2) is 0 Å². The minimum absolute atomic E-state index is 0.0290. The number of likely N-dealkylation sites (tertiary alicyclic amines) is 1. The van der Waals surface area contributed by atoms with E-state index >= 15 is 0 Å². The molecule has 2 atom stereocenters. The summed E-state index contributed by atoms with van der Waals surface area (Å²) < 4.78 is 18.5. The number of halogens is 1. The van der Waals surface area contributed by atoms with Crippen LogP contribution in [0.3, 0.4) is 0 Å². The number of nitrogens with one attached hydrogen (secondary N) is 1. The van der Waals surface area contributed by atoms with Gasteiger partial charge in [-0.1, -0.05) is 18.2 Å². The first kappa shape index (κ1) is 20.5. The van der Waals surface area contributed by atoms with Gasteiger partial charge in [-0.2, -0.15) is 0 Å². The lowest BCUT2D eigenvalue weighted by atomic mass is 9.89. The fourth-order valence-corrected chi connectivity index (χ4v) is 5.43. The van der Waals surface area contributed by atoms with Gasteiger partial charge in [0.2, 0.25) is 0 Å². The van der Waals surface area contributed by atoms with E-state index in [-0.39, 0.29) is 18.8 Å². The second-order valence-electron chi connectivity index (χ2n) is 9.39. The maximum atomic E-state index is 12.4. The summed E-state index contributed by atoms with van der Waals surface area (Å²) in [7, 11) is 0. The standard InChI is InChI=1S/C27H29FN4O/c1-18-14-23-22-8-2-3-9-24(22)30-26(23)27(32(18)19-6-4-7-19)25-11-10-20(15-29-25)33-21-16-31(17-21)13-5-12-28/h2-4,8-11,15,18,21,27,30H,5-6,12-14,16-17H2,1H3/t18-,27-/m1/s1. The van der Waals surface area contributed by atoms with Gasteiger partial charge in [-0.3, -0.25) is 14.3 Å². The van der Waals surface area contributed by atoms with Crippen molar-refractivity contribution in [2.75, 3.05) is 26.3 Å². The van der Waals surface area contributed by atoms with E-state index in [0.717, 1.165) is 43.9 Å². The molecule has 0 unspecified atom stereocenters. The molecule has 0 saturated carbocycles. The van der Waals surface area contributed by atoms with Crippen molar-refractivity contribution >= 4 is 10.9 Å². The van der Waals surface area contributed by atoms with Gasteiger partial charge in [-0.05, 0) is 49.6 Å². The molecule has 33 heavy (non-hydrogen) atoms. The molecule has 0 amide bonds. The summed E-state index contributed by atoms with van der Waals surface area (Å²) in [5.41, 5.74) is 9.49. The number of H-pyrrole nitrogens is 1. The molecule has 0 radical (unpaired) electrons. The number of hydrogen-bond acceptors (Lipinski definition) is 4. The zero-order chi connectivity index (χ0) is 22.4. The van der Waals surface area contributed by atoms with Crippen molar-refractivity contribution in [2.45, 2.75) is 44.4 Å². The number of hydrogen-bond donors (Lipinski definition) is 1. The molecule has 170 valence electrons. The molecule has 3 aliphatic rings. The van der Waals surface area contributed by atoms with Crippen LogP contribution < -0.4 is 4.74 Å². The maximum absolute atomic E-state index is 12.4. The number of pyridine rings is 1. The second-order valence-corrected chi connectivity index (χ2v) is 9.39. The Morgan fingerprint density at radius 3 is 2.79 bits per heavy atom. The molecule has 0 bridgehead atoms. The van der Waals surface area contributed by atoms with Crippen molar-refractivity contribution in [3.05, 3.63) is 77.1 Å². The lowest BCUT2D eigenvalue weighted by Gasteiger charge is -2.43. The zero-order valence-corrected chi connectivity index (χ0v) is 18.9. The van der Waals surface area contributed by atoms with Crippen molar-refractivity contribution in [1.82, 2.24) is 19.8 Å². The summed E-state index contributed by atoms with van der Waals surface area (Å²) in [6, 6.07) is 13.1. The summed E-state index contributed by atoms with van der Waals surface area (Å²) in [5, 5.41) is 1.31. The Hall–Kier alpha value is -3.08. The van der Waals surface area contributed by atoms with Gasteiger partial charge in [0, 0.05) is 48.7 Å². The quantitative estimate of drug-likeness (QED) is 0.534. The normalized spacial score (nSPS) is 22.6. The van der Waals surface area contributed by atoms with Crippen molar-refractivity contribution < 1.29 is 9.13 Å². The fraction of sp³-hybridized carbons (Fsp3) is 0.407.